The molecule has 30 heavy (non-hydrogen) atoms. The molecular formula is C21H29N5O4. The van der Waals surface area contributed by atoms with Crippen LogP contribution in [0.4, 0.5) is 0 Å². The number of likely N-dealkylation sites (tertiary alicyclic amines) is 1. The fourth-order valence-electron chi connectivity index (χ4n) is 3.87. The van der Waals surface area contributed by atoms with Crippen molar-refractivity contribution in [1.29, 1.82) is 0 Å². The minimum atomic E-state index is -0.746. The molecule has 1 aromatic carbocycles. The maximum Gasteiger partial charge on any atom is 0.248 e. The zero-order valence-corrected chi connectivity index (χ0v) is 17.7. The normalized spacial score (nSPS) is 20.3. The Morgan fingerprint density at radius 3 is 2.70 bits per heavy atom. The van der Waals surface area contributed by atoms with Crippen LogP contribution in [0, 0.1) is 5.41 Å². The predicted octanol–water partition coefficient (Wildman–Crippen LogP) is 0.732. The molecule has 2 heterocycles. The molecule has 1 aromatic heterocycles. The summed E-state index contributed by atoms with van der Waals surface area (Å²) in [5, 5.41) is 30.5. The SMILES string of the molecule is CNC(=O)[C@@H]1C[C@@H](O)CN1C(=O)[C@@H](n1cc(-c2cccc(CO)c2)nn1)C(C)(C)C. The van der Waals surface area contributed by atoms with Gasteiger partial charge in [-0.2, -0.15) is 0 Å². The third-order valence-electron chi connectivity index (χ3n) is 5.35. The van der Waals surface area contributed by atoms with Crippen LogP contribution in [0.3, 0.4) is 0 Å². The molecule has 9 nitrogen and oxygen atoms in total. The van der Waals surface area contributed by atoms with Gasteiger partial charge in [-0.3, -0.25) is 9.59 Å². The van der Waals surface area contributed by atoms with Crippen LogP contribution < -0.4 is 5.32 Å². The monoisotopic (exact) mass is 415 g/mol. The van der Waals surface area contributed by atoms with Gasteiger partial charge in [-0.1, -0.05) is 44.2 Å². The summed E-state index contributed by atoms with van der Waals surface area (Å²) in [6, 6.07) is 5.89. The van der Waals surface area contributed by atoms with Gasteiger partial charge in [0.25, 0.3) is 0 Å². The minimum absolute atomic E-state index is 0.0801. The molecule has 2 aromatic rings. The van der Waals surface area contributed by atoms with Gasteiger partial charge in [-0.25, -0.2) is 4.68 Å². The highest BCUT2D eigenvalue weighted by molar-refractivity contribution is 5.90. The van der Waals surface area contributed by atoms with Gasteiger partial charge < -0.3 is 20.4 Å². The summed E-state index contributed by atoms with van der Waals surface area (Å²) in [6.07, 6.45) is 1.16. The van der Waals surface area contributed by atoms with Crippen LogP contribution in [-0.2, 0) is 16.2 Å². The minimum Gasteiger partial charge on any atom is -0.392 e. The van der Waals surface area contributed by atoms with Crippen molar-refractivity contribution in [2.24, 2.45) is 5.41 Å². The van der Waals surface area contributed by atoms with E-state index in [1.165, 1.54) is 16.6 Å². The van der Waals surface area contributed by atoms with Crippen LogP contribution in [0.2, 0.25) is 0 Å². The van der Waals surface area contributed by atoms with Gasteiger partial charge in [0.05, 0.1) is 18.9 Å². The Labute approximate surface area is 175 Å². The van der Waals surface area contributed by atoms with E-state index in [2.05, 4.69) is 15.6 Å². The van der Waals surface area contributed by atoms with E-state index in [1.54, 1.807) is 6.20 Å². The number of aromatic nitrogens is 3. The number of benzene rings is 1. The summed E-state index contributed by atoms with van der Waals surface area (Å²) >= 11 is 0. The Bertz CT molecular complexity index is 920. The number of rotatable bonds is 5. The van der Waals surface area contributed by atoms with E-state index in [4.69, 9.17) is 0 Å². The van der Waals surface area contributed by atoms with Crippen LogP contribution in [0.25, 0.3) is 11.3 Å². The van der Waals surface area contributed by atoms with Crippen molar-refractivity contribution >= 4 is 11.8 Å². The lowest BCUT2D eigenvalue weighted by Gasteiger charge is -2.34. The van der Waals surface area contributed by atoms with Crippen molar-refractivity contribution in [3.63, 3.8) is 0 Å². The van der Waals surface area contributed by atoms with Crippen LogP contribution in [0.15, 0.2) is 30.5 Å². The smallest absolute Gasteiger partial charge is 0.248 e. The van der Waals surface area contributed by atoms with Crippen LogP contribution in [-0.4, -0.2) is 67.7 Å². The van der Waals surface area contributed by atoms with Gasteiger partial charge in [-0.05, 0) is 17.0 Å². The molecule has 9 heteroatoms. The van der Waals surface area contributed by atoms with E-state index in [0.29, 0.717) is 5.69 Å². The lowest BCUT2D eigenvalue weighted by Crippen LogP contribution is -2.49. The quantitative estimate of drug-likeness (QED) is 0.662. The van der Waals surface area contributed by atoms with Gasteiger partial charge in [0.15, 0.2) is 0 Å². The molecule has 3 atom stereocenters. The molecule has 0 spiro atoms. The number of nitrogens with one attached hydrogen (secondary N) is 1. The predicted molar refractivity (Wildman–Crippen MR) is 110 cm³/mol. The zero-order chi connectivity index (χ0) is 22.1. The standard InChI is InChI=1S/C21H29N5O4/c1-21(2,3)18(20(30)25-10-15(28)9-17(25)19(29)22-4)26-11-16(23-24-26)14-7-5-6-13(8-14)12-27/h5-8,11,15,17-18,27-28H,9-10,12H2,1-4H3,(H,22,29)/t15-,17+,18-/m1/s1. The Hall–Kier alpha value is -2.78. The summed E-state index contributed by atoms with van der Waals surface area (Å²) in [5.41, 5.74) is 1.60. The summed E-state index contributed by atoms with van der Waals surface area (Å²) in [7, 11) is 1.52. The molecule has 0 aliphatic carbocycles. The first-order valence-electron chi connectivity index (χ1n) is 9.98. The topological polar surface area (TPSA) is 121 Å². The van der Waals surface area contributed by atoms with Gasteiger partial charge in [0, 0.05) is 25.6 Å². The molecule has 1 saturated heterocycles. The lowest BCUT2D eigenvalue weighted by atomic mass is 9.85. The third kappa shape index (κ3) is 4.36. The summed E-state index contributed by atoms with van der Waals surface area (Å²) in [5.74, 6) is -0.583. The second kappa shape index (κ2) is 8.53. The molecule has 1 fully saturated rings. The molecule has 3 rings (SSSR count). The molecule has 162 valence electrons. The maximum atomic E-state index is 13.5. The number of likely N-dealkylation sites (N-methyl/N-ethyl adjacent to an activating group) is 1. The second-order valence-corrected chi connectivity index (χ2v) is 8.72. The number of aliphatic hydroxyl groups excluding tert-OH is 2. The molecule has 1 aliphatic rings. The van der Waals surface area contributed by atoms with Gasteiger partial charge in [0.2, 0.25) is 11.8 Å². The number of aliphatic hydroxyl groups is 2. The van der Waals surface area contributed by atoms with Crippen molar-refractivity contribution in [3.05, 3.63) is 36.0 Å². The van der Waals surface area contributed by atoms with E-state index in [0.717, 1.165) is 11.1 Å². The molecule has 0 radical (unpaired) electrons. The van der Waals surface area contributed by atoms with E-state index in [1.807, 2.05) is 45.0 Å². The number of hydrogen-bond donors (Lipinski definition) is 3. The van der Waals surface area contributed by atoms with Crippen molar-refractivity contribution < 1.29 is 19.8 Å². The van der Waals surface area contributed by atoms with Gasteiger partial charge in [0.1, 0.15) is 17.8 Å². The average molecular weight is 415 g/mol. The second-order valence-electron chi connectivity index (χ2n) is 8.72. The molecule has 0 bridgehead atoms. The number of hydrogen-bond acceptors (Lipinski definition) is 6. The molecule has 0 saturated carbocycles. The van der Waals surface area contributed by atoms with Crippen molar-refractivity contribution in [3.8, 4) is 11.3 Å². The zero-order valence-electron chi connectivity index (χ0n) is 17.7. The molecular weight excluding hydrogens is 386 g/mol. The first-order chi connectivity index (χ1) is 14.2. The van der Waals surface area contributed by atoms with Crippen molar-refractivity contribution in [1.82, 2.24) is 25.2 Å². The number of nitrogens with zero attached hydrogens (tertiary/aromatic N) is 4. The summed E-state index contributed by atoms with van der Waals surface area (Å²) in [4.78, 5) is 27.2. The molecule has 1 aliphatic heterocycles. The summed E-state index contributed by atoms with van der Waals surface area (Å²) < 4.78 is 1.52. The highest BCUT2D eigenvalue weighted by Crippen LogP contribution is 2.35. The van der Waals surface area contributed by atoms with E-state index >= 15 is 0 Å². The fraction of sp³-hybridized carbons (Fsp3) is 0.524. The van der Waals surface area contributed by atoms with E-state index in [9.17, 15) is 19.8 Å². The lowest BCUT2D eigenvalue weighted by molar-refractivity contribution is -0.144. The number of carbonyl (C=O) groups excluding carboxylic acids is 2. The molecule has 2 amide bonds. The highest BCUT2D eigenvalue weighted by atomic mass is 16.3. The average Bonchev–Trinajstić information content (AvgIpc) is 3.33. The van der Waals surface area contributed by atoms with Crippen LogP contribution >= 0.6 is 0 Å². The summed E-state index contributed by atoms with van der Waals surface area (Å²) in [6.45, 7) is 5.78. The number of β-amino-alcohol motifs (C(OH)–C–C–N with tert-alkyl or cyclic N) is 1. The fourth-order valence-corrected chi connectivity index (χ4v) is 3.87. The van der Waals surface area contributed by atoms with Gasteiger partial charge in [-0.15, -0.1) is 5.10 Å². The van der Waals surface area contributed by atoms with Crippen molar-refractivity contribution in [2.75, 3.05) is 13.6 Å². The molecule has 0 unspecified atom stereocenters. The van der Waals surface area contributed by atoms with Crippen molar-refractivity contribution in [2.45, 2.75) is 52.0 Å². The van der Waals surface area contributed by atoms with Crippen LogP contribution in [0.5, 0.6) is 0 Å². The van der Waals surface area contributed by atoms with E-state index in [-0.39, 0.29) is 31.4 Å². The number of amides is 2. The number of carbonyl (C=O) groups is 2. The third-order valence-corrected chi connectivity index (χ3v) is 5.35. The Balaban J connectivity index is 1.95. The van der Waals surface area contributed by atoms with E-state index < -0.39 is 23.6 Å². The first kappa shape index (κ1) is 21.9. The first-order valence-corrected chi connectivity index (χ1v) is 9.98. The Morgan fingerprint density at radius 2 is 2.07 bits per heavy atom. The Morgan fingerprint density at radius 1 is 1.33 bits per heavy atom. The highest BCUT2D eigenvalue weighted by Gasteiger charge is 2.45. The van der Waals surface area contributed by atoms with Crippen LogP contribution in [0.1, 0.15) is 38.8 Å². The maximum absolute atomic E-state index is 13.5. The Kier molecular flexibility index (Phi) is 6.23. The largest absolute Gasteiger partial charge is 0.392 e. The molecule has 3 N–H and O–H groups in total. The van der Waals surface area contributed by atoms with Gasteiger partial charge >= 0.3 is 0 Å².